The van der Waals surface area contributed by atoms with E-state index in [-0.39, 0.29) is 22.3 Å². The van der Waals surface area contributed by atoms with E-state index in [1.54, 1.807) is 24.3 Å². The van der Waals surface area contributed by atoms with Crippen molar-refractivity contribution in [1.82, 2.24) is 0 Å². The van der Waals surface area contributed by atoms with E-state index in [9.17, 15) is 10.2 Å². The van der Waals surface area contributed by atoms with Gasteiger partial charge in [0.05, 0.1) is 0 Å². The minimum atomic E-state index is -0.276. The van der Waals surface area contributed by atoms with Crippen molar-refractivity contribution in [2.75, 3.05) is 0 Å². The first-order chi connectivity index (χ1) is 18.4. The van der Waals surface area contributed by atoms with E-state index in [4.69, 9.17) is 0 Å². The molecule has 0 aliphatic rings. The maximum absolute atomic E-state index is 9.94. The molecule has 0 fully saturated rings. The third kappa shape index (κ3) is 5.21. The Hall–Kier alpha value is -4.30. The molecule has 0 aliphatic carbocycles. The molecule has 0 amide bonds. The van der Waals surface area contributed by atoms with Crippen LogP contribution in [0.4, 0.5) is 0 Å². The standard InChI is InChI=1S/C36H34O2/c1-35(25-27-9-5-3-6-10-27,31-17-21-33(37)22-18-31)29-13-15-30(16-14-29)36(2,26-28-11-7-4-8-12-28)32-19-23-34(38)24-20-32/h3-24,37-38H,25-26H2,1-2H3. The highest BCUT2D eigenvalue weighted by Crippen LogP contribution is 2.40. The first kappa shape index (κ1) is 25.4. The average Bonchev–Trinajstić information content (AvgIpc) is 2.95. The zero-order valence-corrected chi connectivity index (χ0v) is 22.0. The smallest absolute Gasteiger partial charge is 0.115 e. The fourth-order valence-electron chi connectivity index (χ4n) is 5.61. The average molecular weight is 499 g/mol. The summed E-state index contributed by atoms with van der Waals surface area (Å²) in [5, 5.41) is 19.9. The number of phenols is 2. The van der Waals surface area contributed by atoms with Crippen LogP contribution in [-0.4, -0.2) is 10.2 Å². The Balaban J connectivity index is 1.57. The van der Waals surface area contributed by atoms with Gasteiger partial charge in [0.1, 0.15) is 11.5 Å². The number of aromatic hydroxyl groups is 2. The largest absolute Gasteiger partial charge is 0.508 e. The Morgan fingerprint density at radius 3 is 0.947 bits per heavy atom. The van der Waals surface area contributed by atoms with E-state index in [0.717, 1.165) is 24.0 Å². The molecule has 0 heterocycles. The van der Waals surface area contributed by atoms with Gasteiger partial charge < -0.3 is 10.2 Å². The molecule has 190 valence electrons. The molecule has 38 heavy (non-hydrogen) atoms. The van der Waals surface area contributed by atoms with Crippen molar-refractivity contribution in [3.63, 3.8) is 0 Å². The highest BCUT2D eigenvalue weighted by molar-refractivity contribution is 5.47. The van der Waals surface area contributed by atoms with E-state index >= 15 is 0 Å². The van der Waals surface area contributed by atoms with Crippen LogP contribution in [0.1, 0.15) is 47.2 Å². The molecule has 0 aliphatic heterocycles. The van der Waals surface area contributed by atoms with Gasteiger partial charge in [-0.2, -0.15) is 0 Å². The van der Waals surface area contributed by atoms with E-state index in [1.165, 1.54) is 22.3 Å². The van der Waals surface area contributed by atoms with Crippen molar-refractivity contribution >= 4 is 0 Å². The summed E-state index contributed by atoms with van der Waals surface area (Å²) in [6.45, 7) is 4.56. The van der Waals surface area contributed by atoms with Crippen molar-refractivity contribution in [3.8, 4) is 11.5 Å². The molecular weight excluding hydrogens is 464 g/mol. The van der Waals surface area contributed by atoms with Gasteiger partial charge >= 0.3 is 0 Å². The summed E-state index contributed by atoms with van der Waals surface area (Å²) in [5.74, 6) is 0.550. The monoisotopic (exact) mass is 498 g/mol. The fraction of sp³-hybridized carbons (Fsp3) is 0.167. The Labute approximate surface area is 225 Å². The van der Waals surface area contributed by atoms with Crippen molar-refractivity contribution in [2.45, 2.75) is 37.5 Å². The molecule has 0 saturated carbocycles. The predicted molar refractivity (Wildman–Crippen MR) is 156 cm³/mol. The molecule has 2 unspecified atom stereocenters. The second-order valence-electron chi connectivity index (χ2n) is 10.7. The normalized spacial score (nSPS) is 14.4. The zero-order chi connectivity index (χ0) is 26.6. The van der Waals surface area contributed by atoms with Crippen molar-refractivity contribution in [2.24, 2.45) is 0 Å². The van der Waals surface area contributed by atoms with Gasteiger partial charge in [0.25, 0.3) is 0 Å². The van der Waals surface area contributed by atoms with Crippen LogP contribution in [0.25, 0.3) is 0 Å². The SMILES string of the molecule is CC(Cc1ccccc1)(c1ccc(O)cc1)c1ccc(C(C)(Cc2ccccc2)c2ccc(O)cc2)cc1. The zero-order valence-electron chi connectivity index (χ0n) is 22.0. The third-order valence-electron chi connectivity index (χ3n) is 7.97. The van der Waals surface area contributed by atoms with Crippen molar-refractivity contribution < 1.29 is 10.2 Å². The number of rotatable bonds is 8. The summed E-state index contributed by atoms with van der Waals surface area (Å²) in [6, 6.07) is 45.4. The highest BCUT2D eigenvalue weighted by Gasteiger charge is 2.32. The maximum atomic E-state index is 9.94. The molecule has 0 saturated heterocycles. The van der Waals surface area contributed by atoms with E-state index in [1.807, 2.05) is 36.4 Å². The lowest BCUT2D eigenvalue weighted by molar-refractivity contribution is 0.473. The second kappa shape index (κ2) is 10.6. The number of hydrogen-bond donors (Lipinski definition) is 2. The van der Waals surface area contributed by atoms with Crippen molar-refractivity contribution in [3.05, 3.63) is 167 Å². The first-order valence-electron chi connectivity index (χ1n) is 13.1. The lowest BCUT2D eigenvalue weighted by Gasteiger charge is -2.34. The molecule has 0 bridgehead atoms. The summed E-state index contributed by atoms with van der Waals surface area (Å²) >= 11 is 0. The van der Waals surface area contributed by atoms with Crippen LogP contribution >= 0.6 is 0 Å². The predicted octanol–water partition coefficient (Wildman–Crippen LogP) is 8.20. The van der Waals surface area contributed by atoms with Gasteiger partial charge in [0.2, 0.25) is 0 Å². The van der Waals surface area contributed by atoms with Gasteiger partial charge in [-0.3, -0.25) is 0 Å². The van der Waals surface area contributed by atoms with Crippen LogP contribution in [0.3, 0.4) is 0 Å². The van der Waals surface area contributed by atoms with Crippen molar-refractivity contribution in [1.29, 1.82) is 0 Å². The molecule has 2 heteroatoms. The van der Waals surface area contributed by atoms with Crippen LogP contribution in [0.15, 0.2) is 133 Å². The topological polar surface area (TPSA) is 40.5 Å². The van der Waals surface area contributed by atoms with Gasteiger partial charge in [-0.1, -0.05) is 123 Å². The second-order valence-corrected chi connectivity index (χ2v) is 10.7. The molecule has 0 aromatic heterocycles. The summed E-state index contributed by atoms with van der Waals surface area (Å²) in [7, 11) is 0. The van der Waals surface area contributed by atoms with E-state index in [2.05, 4.69) is 86.6 Å². The quantitative estimate of drug-likeness (QED) is 0.226. The molecule has 5 rings (SSSR count). The summed E-state index contributed by atoms with van der Waals surface area (Å²) in [6.07, 6.45) is 1.69. The lowest BCUT2D eigenvalue weighted by atomic mass is 9.69. The number of hydrogen-bond acceptors (Lipinski definition) is 2. The number of benzene rings is 5. The van der Waals surface area contributed by atoms with Gasteiger partial charge in [-0.25, -0.2) is 0 Å². The minimum Gasteiger partial charge on any atom is -0.508 e. The van der Waals surface area contributed by atoms with Crippen LogP contribution in [0, 0.1) is 0 Å². The summed E-state index contributed by atoms with van der Waals surface area (Å²) in [5.41, 5.74) is 6.77. The molecule has 2 atom stereocenters. The van der Waals surface area contributed by atoms with Gasteiger partial charge in [-0.05, 0) is 70.5 Å². The fourth-order valence-corrected chi connectivity index (χ4v) is 5.61. The van der Waals surface area contributed by atoms with E-state index < -0.39 is 0 Å². The minimum absolute atomic E-state index is 0.275. The van der Waals surface area contributed by atoms with E-state index in [0.29, 0.717) is 0 Å². The van der Waals surface area contributed by atoms with Gasteiger partial charge in [0, 0.05) is 10.8 Å². The summed E-state index contributed by atoms with van der Waals surface area (Å²) in [4.78, 5) is 0. The molecule has 2 N–H and O–H groups in total. The molecule has 0 spiro atoms. The third-order valence-corrected chi connectivity index (χ3v) is 7.97. The summed E-state index contributed by atoms with van der Waals surface area (Å²) < 4.78 is 0. The molecule has 2 nitrogen and oxygen atoms in total. The molecule has 5 aromatic carbocycles. The number of phenolic OH excluding ortho intramolecular Hbond substituents is 2. The van der Waals surface area contributed by atoms with Gasteiger partial charge in [0.15, 0.2) is 0 Å². The Morgan fingerprint density at radius 2 is 0.658 bits per heavy atom. The Bertz CT molecular complexity index is 1340. The molecule has 0 radical (unpaired) electrons. The van der Waals surface area contributed by atoms with Crippen LogP contribution in [-0.2, 0) is 23.7 Å². The first-order valence-corrected chi connectivity index (χ1v) is 13.1. The Morgan fingerprint density at radius 1 is 0.395 bits per heavy atom. The van der Waals surface area contributed by atoms with Crippen LogP contribution in [0.2, 0.25) is 0 Å². The van der Waals surface area contributed by atoms with Crippen LogP contribution < -0.4 is 0 Å². The molecule has 5 aromatic rings. The highest BCUT2D eigenvalue weighted by atomic mass is 16.3. The van der Waals surface area contributed by atoms with Gasteiger partial charge in [-0.15, -0.1) is 0 Å². The lowest BCUT2D eigenvalue weighted by Crippen LogP contribution is -2.29. The molecular formula is C36H34O2. The Kier molecular flexibility index (Phi) is 7.07. The van der Waals surface area contributed by atoms with Crippen LogP contribution in [0.5, 0.6) is 11.5 Å². The maximum Gasteiger partial charge on any atom is 0.115 e.